The molecule has 1 aliphatic carbocycles. The summed E-state index contributed by atoms with van der Waals surface area (Å²) in [4.78, 5) is 25.8. The highest BCUT2D eigenvalue weighted by Crippen LogP contribution is 2.38. The first-order valence-corrected chi connectivity index (χ1v) is 12.9. The number of aliphatic hydroxyl groups excluding tert-OH is 1. The van der Waals surface area contributed by atoms with Crippen molar-refractivity contribution in [3.8, 4) is 5.75 Å². The number of fused-ring (bicyclic) bond motifs is 1. The van der Waals surface area contributed by atoms with Crippen LogP contribution in [-0.2, 0) is 19.4 Å². The van der Waals surface area contributed by atoms with Crippen LogP contribution in [0.25, 0.3) is 0 Å². The number of anilines is 1. The standard InChI is InChI=1S/C25H30N2O6S/c1-14-5-4-6-20(15(14)2)26-24(29)16-7-12-19-21(13-16)27-25(30)23(22(19)28)34(31,32)18-10-8-17(33-3)9-11-18/h4-6,8-11,16,19,21-23,28H,7,12-13H2,1-3H3,(H,26,29)(H,27,30). The third-order valence-corrected chi connectivity index (χ3v) is 9.28. The predicted octanol–water partition coefficient (Wildman–Crippen LogP) is 2.37. The predicted molar refractivity (Wildman–Crippen MR) is 127 cm³/mol. The van der Waals surface area contributed by atoms with Crippen molar-refractivity contribution in [2.75, 3.05) is 12.4 Å². The summed E-state index contributed by atoms with van der Waals surface area (Å²) in [7, 11) is -2.64. The summed E-state index contributed by atoms with van der Waals surface area (Å²) < 4.78 is 31.4. The zero-order valence-corrected chi connectivity index (χ0v) is 20.3. The fraction of sp³-hybridized carbons (Fsp3) is 0.440. The van der Waals surface area contributed by atoms with Crippen molar-refractivity contribution in [2.45, 2.75) is 55.4 Å². The maximum atomic E-state index is 13.2. The summed E-state index contributed by atoms with van der Waals surface area (Å²) in [5.74, 6) is -1.17. The Labute approximate surface area is 199 Å². The lowest BCUT2D eigenvalue weighted by Gasteiger charge is -2.44. The van der Waals surface area contributed by atoms with Crippen LogP contribution in [0.5, 0.6) is 5.75 Å². The Morgan fingerprint density at radius 1 is 1.12 bits per heavy atom. The van der Waals surface area contributed by atoms with Gasteiger partial charge >= 0.3 is 0 Å². The van der Waals surface area contributed by atoms with Crippen LogP contribution < -0.4 is 15.4 Å². The highest BCUT2D eigenvalue weighted by Gasteiger charge is 2.52. The molecule has 0 spiro atoms. The minimum Gasteiger partial charge on any atom is -0.497 e. The third-order valence-electron chi connectivity index (χ3n) is 7.19. The first-order valence-electron chi connectivity index (χ1n) is 11.4. The second-order valence-electron chi connectivity index (χ2n) is 9.16. The number of amides is 2. The number of hydrogen-bond acceptors (Lipinski definition) is 6. The summed E-state index contributed by atoms with van der Waals surface area (Å²) in [6.07, 6.45) is -0.0700. The molecular formula is C25H30N2O6S. The van der Waals surface area contributed by atoms with E-state index in [1.807, 2.05) is 32.0 Å². The van der Waals surface area contributed by atoms with Crippen molar-refractivity contribution < 1.29 is 27.9 Å². The fourth-order valence-electron chi connectivity index (χ4n) is 5.01. The van der Waals surface area contributed by atoms with Crippen LogP contribution in [0.1, 0.15) is 30.4 Å². The number of piperidine rings is 1. The van der Waals surface area contributed by atoms with Crippen LogP contribution in [0.2, 0.25) is 0 Å². The molecule has 1 saturated heterocycles. The maximum absolute atomic E-state index is 13.2. The summed E-state index contributed by atoms with van der Waals surface area (Å²) in [5.41, 5.74) is 2.83. The Hall–Kier alpha value is -2.91. The van der Waals surface area contributed by atoms with Gasteiger partial charge in [0.25, 0.3) is 0 Å². The number of carbonyl (C=O) groups excluding carboxylic acids is 2. The molecule has 0 bridgehead atoms. The van der Waals surface area contributed by atoms with Crippen LogP contribution in [0.15, 0.2) is 47.4 Å². The van der Waals surface area contributed by atoms with Crippen molar-refractivity contribution in [1.29, 1.82) is 0 Å². The van der Waals surface area contributed by atoms with E-state index in [0.717, 1.165) is 16.8 Å². The minimum atomic E-state index is -4.11. The zero-order chi connectivity index (χ0) is 24.6. The SMILES string of the molecule is COc1ccc(S(=O)(=O)C2C(=O)NC3CC(C(=O)Nc4cccc(C)c4C)CCC3C2O)cc1. The molecule has 2 aliphatic rings. The molecule has 0 aromatic heterocycles. The number of sulfone groups is 1. The van der Waals surface area contributed by atoms with Gasteiger partial charge in [-0.25, -0.2) is 8.42 Å². The number of aliphatic hydroxyl groups is 1. The van der Waals surface area contributed by atoms with E-state index in [9.17, 15) is 23.1 Å². The highest BCUT2D eigenvalue weighted by atomic mass is 32.2. The normalized spacial score (nSPS) is 26.8. The second-order valence-corrected chi connectivity index (χ2v) is 11.2. The number of ether oxygens (including phenoxy) is 1. The lowest BCUT2D eigenvalue weighted by molar-refractivity contribution is -0.132. The van der Waals surface area contributed by atoms with Gasteiger partial charge in [-0.1, -0.05) is 12.1 Å². The molecule has 1 heterocycles. The molecule has 4 rings (SSSR count). The molecule has 5 unspecified atom stereocenters. The van der Waals surface area contributed by atoms with E-state index in [4.69, 9.17) is 4.74 Å². The van der Waals surface area contributed by atoms with E-state index in [-0.39, 0.29) is 16.7 Å². The van der Waals surface area contributed by atoms with Crippen LogP contribution in [0.3, 0.4) is 0 Å². The smallest absolute Gasteiger partial charge is 0.241 e. The molecule has 3 N–H and O–H groups in total. The van der Waals surface area contributed by atoms with Crippen molar-refractivity contribution >= 4 is 27.3 Å². The van der Waals surface area contributed by atoms with Crippen molar-refractivity contribution in [3.63, 3.8) is 0 Å². The van der Waals surface area contributed by atoms with Crippen molar-refractivity contribution in [3.05, 3.63) is 53.6 Å². The van der Waals surface area contributed by atoms with E-state index in [2.05, 4.69) is 10.6 Å². The van der Waals surface area contributed by atoms with Crippen molar-refractivity contribution in [1.82, 2.24) is 5.32 Å². The Bertz CT molecular complexity index is 1190. The summed E-state index contributed by atoms with van der Waals surface area (Å²) in [6, 6.07) is 11.0. The highest BCUT2D eigenvalue weighted by molar-refractivity contribution is 7.92. The molecule has 34 heavy (non-hydrogen) atoms. The number of nitrogens with one attached hydrogen (secondary N) is 2. The molecule has 8 nitrogen and oxygen atoms in total. The molecular weight excluding hydrogens is 456 g/mol. The van der Waals surface area contributed by atoms with E-state index < -0.39 is 39.1 Å². The zero-order valence-electron chi connectivity index (χ0n) is 19.4. The van der Waals surface area contributed by atoms with E-state index in [1.54, 1.807) is 0 Å². The van der Waals surface area contributed by atoms with Crippen LogP contribution in [0, 0.1) is 25.7 Å². The Kier molecular flexibility index (Phi) is 6.69. The number of hydrogen-bond donors (Lipinski definition) is 3. The van der Waals surface area contributed by atoms with Gasteiger partial charge < -0.3 is 20.5 Å². The van der Waals surface area contributed by atoms with E-state index >= 15 is 0 Å². The van der Waals surface area contributed by atoms with Crippen LogP contribution >= 0.6 is 0 Å². The number of methoxy groups -OCH3 is 1. The van der Waals surface area contributed by atoms with Gasteiger partial charge in [-0.3, -0.25) is 9.59 Å². The topological polar surface area (TPSA) is 122 Å². The third kappa shape index (κ3) is 4.42. The number of benzene rings is 2. The average Bonchev–Trinajstić information content (AvgIpc) is 2.81. The fourth-order valence-corrected chi connectivity index (χ4v) is 6.74. The van der Waals surface area contributed by atoms with Gasteiger partial charge in [-0.2, -0.15) is 0 Å². The molecule has 182 valence electrons. The second kappa shape index (κ2) is 9.38. The van der Waals surface area contributed by atoms with Gasteiger partial charge in [0.2, 0.25) is 11.8 Å². The molecule has 1 saturated carbocycles. The van der Waals surface area contributed by atoms with Gasteiger partial charge in [-0.15, -0.1) is 0 Å². The Morgan fingerprint density at radius 2 is 1.82 bits per heavy atom. The number of aryl methyl sites for hydroxylation is 1. The summed E-state index contributed by atoms with van der Waals surface area (Å²) in [6.45, 7) is 3.93. The van der Waals surface area contributed by atoms with E-state index in [1.165, 1.54) is 31.4 Å². The lowest BCUT2D eigenvalue weighted by Crippen LogP contribution is -2.63. The van der Waals surface area contributed by atoms with Crippen LogP contribution in [0.4, 0.5) is 5.69 Å². The van der Waals surface area contributed by atoms with Gasteiger partial charge in [0, 0.05) is 23.6 Å². The first-order chi connectivity index (χ1) is 16.1. The monoisotopic (exact) mass is 486 g/mol. The van der Waals surface area contributed by atoms with E-state index in [0.29, 0.717) is 25.0 Å². The van der Waals surface area contributed by atoms with Gasteiger partial charge in [-0.05, 0) is 74.6 Å². The summed E-state index contributed by atoms with van der Waals surface area (Å²) in [5, 5.41) is 15.2. The van der Waals surface area contributed by atoms with Gasteiger partial charge in [0.15, 0.2) is 15.1 Å². The minimum absolute atomic E-state index is 0.0486. The van der Waals surface area contributed by atoms with Gasteiger partial charge in [0.05, 0.1) is 18.1 Å². The molecule has 9 heteroatoms. The Morgan fingerprint density at radius 3 is 2.50 bits per heavy atom. The maximum Gasteiger partial charge on any atom is 0.241 e. The molecule has 2 fully saturated rings. The molecule has 2 amide bonds. The molecule has 0 radical (unpaired) electrons. The number of carbonyl (C=O) groups is 2. The first kappa shape index (κ1) is 24.2. The number of rotatable bonds is 5. The lowest BCUT2D eigenvalue weighted by atomic mass is 9.72. The molecule has 1 aliphatic heterocycles. The molecule has 2 aromatic rings. The van der Waals surface area contributed by atoms with Crippen molar-refractivity contribution in [2.24, 2.45) is 11.8 Å². The quantitative estimate of drug-likeness (QED) is 0.597. The summed E-state index contributed by atoms with van der Waals surface area (Å²) >= 11 is 0. The molecule has 2 aromatic carbocycles. The average molecular weight is 487 g/mol. The Balaban J connectivity index is 1.48. The van der Waals surface area contributed by atoms with Crippen LogP contribution in [-0.4, -0.2) is 49.8 Å². The molecule has 5 atom stereocenters. The van der Waals surface area contributed by atoms with Gasteiger partial charge in [0.1, 0.15) is 5.75 Å². The largest absolute Gasteiger partial charge is 0.497 e.